The number of carbonyl (C=O) groups excluding carboxylic acids is 1. The molecule has 3 aromatic rings. The monoisotopic (exact) mass is 305 g/mol. The molecule has 1 amide bonds. The Morgan fingerprint density at radius 3 is 2.65 bits per heavy atom. The van der Waals surface area contributed by atoms with Gasteiger partial charge in [0, 0.05) is 6.54 Å². The van der Waals surface area contributed by atoms with E-state index < -0.39 is 0 Å². The highest BCUT2D eigenvalue weighted by atomic mass is 16.1. The lowest BCUT2D eigenvalue weighted by molar-refractivity contribution is -0.116. The van der Waals surface area contributed by atoms with Crippen molar-refractivity contribution in [2.45, 2.75) is 19.5 Å². The van der Waals surface area contributed by atoms with Crippen LogP contribution in [0, 0.1) is 0 Å². The van der Waals surface area contributed by atoms with Crippen molar-refractivity contribution in [3.63, 3.8) is 0 Å². The van der Waals surface area contributed by atoms with E-state index in [4.69, 9.17) is 0 Å². The second kappa shape index (κ2) is 6.92. The second-order valence-electron chi connectivity index (χ2n) is 5.33. The Morgan fingerprint density at radius 2 is 1.87 bits per heavy atom. The van der Waals surface area contributed by atoms with E-state index in [1.807, 2.05) is 36.4 Å². The number of rotatable bonds is 6. The summed E-state index contributed by atoms with van der Waals surface area (Å²) in [5.74, 6) is 0.670. The Balaban J connectivity index is 1.86. The van der Waals surface area contributed by atoms with Gasteiger partial charge >= 0.3 is 0 Å². The summed E-state index contributed by atoms with van der Waals surface area (Å²) >= 11 is 0. The lowest BCUT2D eigenvalue weighted by Crippen LogP contribution is -2.22. The summed E-state index contributed by atoms with van der Waals surface area (Å²) in [6.45, 7) is 4.70. The van der Waals surface area contributed by atoms with E-state index in [1.54, 1.807) is 0 Å². The molecule has 4 nitrogen and oxygen atoms in total. The van der Waals surface area contributed by atoms with Crippen LogP contribution in [0.5, 0.6) is 0 Å². The van der Waals surface area contributed by atoms with Gasteiger partial charge in [-0.15, -0.1) is 0 Å². The zero-order valence-corrected chi connectivity index (χ0v) is 12.9. The number of para-hydroxylation sites is 2. The number of carbonyl (C=O) groups is 1. The molecule has 3 rings (SSSR count). The molecule has 2 aromatic carbocycles. The quantitative estimate of drug-likeness (QED) is 0.711. The summed E-state index contributed by atoms with van der Waals surface area (Å²) in [6, 6.07) is 18.4. The van der Waals surface area contributed by atoms with Crippen LogP contribution < -0.4 is 5.32 Å². The number of fused-ring (bicyclic) bond motifs is 1. The summed E-state index contributed by atoms with van der Waals surface area (Å²) in [5, 5.41) is 2.81. The van der Waals surface area contributed by atoms with Crippen LogP contribution in [-0.4, -0.2) is 15.5 Å². The summed E-state index contributed by atoms with van der Waals surface area (Å²) in [7, 11) is 0. The highest BCUT2D eigenvalue weighted by molar-refractivity contribution is 5.86. The molecule has 1 N–H and O–H groups in total. The SMILES string of the molecule is C=CC(=O)NCc1nc2ccccc2n1CCc1ccccc1. The zero-order valence-electron chi connectivity index (χ0n) is 12.9. The van der Waals surface area contributed by atoms with Crippen LogP contribution in [-0.2, 0) is 24.3 Å². The van der Waals surface area contributed by atoms with Crippen LogP contribution in [0.3, 0.4) is 0 Å². The maximum atomic E-state index is 11.4. The number of hydrogen-bond acceptors (Lipinski definition) is 2. The molecule has 1 heterocycles. The van der Waals surface area contributed by atoms with Gasteiger partial charge in [-0.1, -0.05) is 49.0 Å². The van der Waals surface area contributed by atoms with Crippen LogP contribution in [0.15, 0.2) is 67.3 Å². The summed E-state index contributed by atoms with van der Waals surface area (Å²) < 4.78 is 2.17. The molecule has 23 heavy (non-hydrogen) atoms. The molecule has 0 bridgehead atoms. The fraction of sp³-hybridized carbons (Fsp3) is 0.158. The molecule has 116 valence electrons. The molecular weight excluding hydrogens is 286 g/mol. The number of nitrogens with zero attached hydrogens (tertiary/aromatic N) is 2. The Morgan fingerprint density at radius 1 is 1.13 bits per heavy atom. The number of benzene rings is 2. The van der Waals surface area contributed by atoms with Crippen molar-refractivity contribution in [2.24, 2.45) is 0 Å². The largest absolute Gasteiger partial charge is 0.345 e. The number of aromatic nitrogens is 2. The predicted octanol–water partition coefficient (Wildman–Crippen LogP) is 3.08. The molecule has 0 fully saturated rings. The van der Waals surface area contributed by atoms with E-state index in [0.29, 0.717) is 6.54 Å². The van der Waals surface area contributed by atoms with Crippen molar-refractivity contribution in [3.8, 4) is 0 Å². The van der Waals surface area contributed by atoms with E-state index in [9.17, 15) is 4.79 Å². The number of aryl methyl sites for hydroxylation is 2. The maximum Gasteiger partial charge on any atom is 0.243 e. The first-order chi connectivity index (χ1) is 11.3. The van der Waals surface area contributed by atoms with E-state index >= 15 is 0 Å². The molecule has 0 atom stereocenters. The lowest BCUT2D eigenvalue weighted by Gasteiger charge is -2.10. The van der Waals surface area contributed by atoms with Crippen LogP contribution in [0.25, 0.3) is 11.0 Å². The predicted molar refractivity (Wildman–Crippen MR) is 91.9 cm³/mol. The first-order valence-electron chi connectivity index (χ1n) is 7.66. The minimum Gasteiger partial charge on any atom is -0.345 e. The standard InChI is InChI=1S/C19H19N3O/c1-2-19(23)20-14-18-21-16-10-6-7-11-17(16)22(18)13-12-15-8-4-3-5-9-15/h2-11H,1,12-14H2,(H,20,23). The van der Waals surface area contributed by atoms with E-state index in [2.05, 4.69) is 39.6 Å². The normalized spacial score (nSPS) is 10.6. The maximum absolute atomic E-state index is 11.4. The molecule has 0 saturated heterocycles. The topological polar surface area (TPSA) is 46.9 Å². The number of nitrogens with one attached hydrogen (secondary N) is 1. The Hall–Kier alpha value is -2.88. The number of imidazole rings is 1. The number of amides is 1. The van der Waals surface area contributed by atoms with Gasteiger partial charge in [0.05, 0.1) is 17.6 Å². The highest BCUT2D eigenvalue weighted by Gasteiger charge is 2.10. The van der Waals surface area contributed by atoms with Crippen molar-refractivity contribution >= 4 is 16.9 Å². The van der Waals surface area contributed by atoms with E-state index in [0.717, 1.165) is 29.8 Å². The molecule has 0 aliphatic rings. The van der Waals surface area contributed by atoms with Gasteiger partial charge in [0.25, 0.3) is 0 Å². The third kappa shape index (κ3) is 3.48. The molecule has 0 saturated carbocycles. The average Bonchev–Trinajstić information content (AvgIpc) is 2.96. The highest BCUT2D eigenvalue weighted by Crippen LogP contribution is 2.17. The smallest absolute Gasteiger partial charge is 0.243 e. The van der Waals surface area contributed by atoms with Crippen molar-refractivity contribution in [2.75, 3.05) is 0 Å². The third-order valence-corrected chi connectivity index (χ3v) is 3.81. The summed E-state index contributed by atoms with van der Waals surface area (Å²) in [4.78, 5) is 16.1. The van der Waals surface area contributed by atoms with Crippen molar-refractivity contribution < 1.29 is 4.79 Å². The van der Waals surface area contributed by atoms with Crippen molar-refractivity contribution in [1.29, 1.82) is 0 Å². The van der Waals surface area contributed by atoms with Gasteiger partial charge < -0.3 is 9.88 Å². The molecule has 0 radical (unpaired) electrons. The van der Waals surface area contributed by atoms with Crippen LogP contribution >= 0.6 is 0 Å². The van der Waals surface area contributed by atoms with E-state index in [-0.39, 0.29) is 5.91 Å². The van der Waals surface area contributed by atoms with Crippen molar-refractivity contribution in [1.82, 2.24) is 14.9 Å². The molecule has 4 heteroatoms. The minimum atomic E-state index is -0.188. The van der Waals surface area contributed by atoms with Crippen molar-refractivity contribution in [3.05, 3.63) is 78.6 Å². The summed E-state index contributed by atoms with van der Waals surface area (Å²) in [6.07, 6.45) is 2.20. The average molecular weight is 305 g/mol. The zero-order chi connectivity index (χ0) is 16.1. The summed E-state index contributed by atoms with van der Waals surface area (Å²) in [5.41, 5.74) is 3.32. The van der Waals surface area contributed by atoms with Gasteiger partial charge in [0.2, 0.25) is 5.91 Å². The Labute approximate surface area is 135 Å². The fourth-order valence-corrected chi connectivity index (χ4v) is 2.63. The molecule has 0 spiro atoms. The lowest BCUT2D eigenvalue weighted by atomic mass is 10.1. The Kier molecular flexibility index (Phi) is 4.52. The molecular formula is C19H19N3O. The molecule has 0 unspecified atom stereocenters. The molecule has 1 aromatic heterocycles. The van der Waals surface area contributed by atoms with Crippen LogP contribution in [0.4, 0.5) is 0 Å². The molecule has 0 aliphatic heterocycles. The van der Waals surface area contributed by atoms with Gasteiger partial charge in [-0.05, 0) is 30.2 Å². The van der Waals surface area contributed by atoms with Gasteiger partial charge in [0.1, 0.15) is 5.82 Å². The third-order valence-electron chi connectivity index (χ3n) is 3.81. The number of hydrogen-bond donors (Lipinski definition) is 1. The van der Waals surface area contributed by atoms with Gasteiger partial charge in [-0.2, -0.15) is 0 Å². The fourth-order valence-electron chi connectivity index (χ4n) is 2.63. The van der Waals surface area contributed by atoms with Gasteiger partial charge in [0.15, 0.2) is 0 Å². The minimum absolute atomic E-state index is 0.188. The van der Waals surface area contributed by atoms with Crippen LogP contribution in [0.1, 0.15) is 11.4 Å². The first-order valence-corrected chi connectivity index (χ1v) is 7.66. The first kappa shape index (κ1) is 15.0. The van der Waals surface area contributed by atoms with E-state index in [1.165, 1.54) is 11.6 Å². The van der Waals surface area contributed by atoms with Gasteiger partial charge in [-0.3, -0.25) is 4.79 Å². The Bertz CT molecular complexity index is 821. The van der Waals surface area contributed by atoms with Crippen LogP contribution in [0.2, 0.25) is 0 Å². The second-order valence-corrected chi connectivity index (χ2v) is 5.33. The van der Waals surface area contributed by atoms with Gasteiger partial charge in [-0.25, -0.2) is 4.98 Å². The molecule has 0 aliphatic carbocycles.